The van der Waals surface area contributed by atoms with E-state index < -0.39 is 34.8 Å². The number of benzene rings is 4. The molecule has 0 aliphatic rings. The van der Waals surface area contributed by atoms with Crippen molar-refractivity contribution in [3.05, 3.63) is 114 Å². The number of rotatable bonds is 4. The molecular weight excluding hydrogens is 475 g/mol. The summed E-state index contributed by atoms with van der Waals surface area (Å²) in [6, 6.07) is 21.9. The van der Waals surface area contributed by atoms with E-state index in [0.717, 1.165) is 35.2 Å². The third-order valence-corrected chi connectivity index (χ3v) is 5.81. The number of halogens is 5. The largest absolute Gasteiger partial charge is 0.417 e. The summed E-state index contributed by atoms with van der Waals surface area (Å²) in [6.45, 7) is 0. The number of alkyl halides is 3. The fourth-order valence-corrected chi connectivity index (χ4v) is 4.07. The summed E-state index contributed by atoms with van der Waals surface area (Å²) in [7, 11) is 0. The second-order valence-electron chi connectivity index (χ2n) is 8.16. The zero-order valence-corrected chi connectivity index (χ0v) is 18.5. The number of hydrogen-bond donors (Lipinski definition) is 2. The molecule has 0 radical (unpaired) electrons. The number of anilines is 1. The van der Waals surface area contributed by atoms with Crippen LogP contribution in [0, 0.1) is 11.6 Å². The lowest BCUT2D eigenvalue weighted by molar-refractivity contribution is -0.137. The van der Waals surface area contributed by atoms with E-state index in [-0.39, 0.29) is 16.8 Å². The summed E-state index contributed by atoms with van der Waals surface area (Å²) in [6.07, 6.45) is -4.59. The molecule has 1 aromatic heterocycles. The smallest absolute Gasteiger partial charge is 0.355 e. The molecule has 0 saturated carbocycles. The monoisotopic (exact) mass is 492 g/mol. The molecular formula is C28H17F5N2O. The van der Waals surface area contributed by atoms with Gasteiger partial charge in [-0.05, 0) is 65.2 Å². The van der Waals surface area contributed by atoms with Gasteiger partial charge in [-0.15, -0.1) is 0 Å². The second kappa shape index (κ2) is 8.96. The highest BCUT2D eigenvalue weighted by atomic mass is 19.4. The number of fused-ring (bicyclic) bond motifs is 1. The molecule has 0 unspecified atom stereocenters. The average molecular weight is 492 g/mol. The molecule has 3 nitrogen and oxygen atoms in total. The Morgan fingerprint density at radius 1 is 0.750 bits per heavy atom. The van der Waals surface area contributed by atoms with Crippen molar-refractivity contribution >= 4 is 22.5 Å². The number of aromatic amines is 1. The maximum Gasteiger partial charge on any atom is 0.417 e. The topological polar surface area (TPSA) is 44.9 Å². The quantitative estimate of drug-likeness (QED) is 0.245. The molecule has 5 aromatic rings. The van der Waals surface area contributed by atoms with E-state index in [1.807, 2.05) is 30.3 Å². The van der Waals surface area contributed by atoms with Crippen LogP contribution < -0.4 is 5.32 Å². The molecule has 0 spiro atoms. The second-order valence-corrected chi connectivity index (χ2v) is 8.16. The van der Waals surface area contributed by atoms with Crippen LogP contribution in [0.2, 0.25) is 0 Å². The van der Waals surface area contributed by atoms with Crippen LogP contribution in [0.15, 0.2) is 91.0 Å². The Morgan fingerprint density at radius 2 is 1.42 bits per heavy atom. The van der Waals surface area contributed by atoms with Crippen LogP contribution in [-0.4, -0.2) is 10.9 Å². The Morgan fingerprint density at radius 3 is 2.08 bits per heavy atom. The summed E-state index contributed by atoms with van der Waals surface area (Å²) in [5, 5.41) is 3.30. The summed E-state index contributed by atoms with van der Waals surface area (Å²) in [4.78, 5) is 15.5. The molecule has 2 N–H and O–H groups in total. The SMILES string of the molecule is O=C(Nc1ccc(-c2cc(-c3cc4ccccc4[nH]3)ccc2C(F)(F)F)cc1)c1c(F)cccc1F. The lowest BCUT2D eigenvalue weighted by Gasteiger charge is -2.15. The average Bonchev–Trinajstić information content (AvgIpc) is 3.28. The van der Waals surface area contributed by atoms with Gasteiger partial charge in [0.1, 0.15) is 17.2 Å². The number of amides is 1. The van der Waals surface area contributed by atoms with Crippen molar-refractivity contribution in [3.8, 4) is 22.4 Å². The lowest BCUT2D eigenvalue weighted by Crippen LogP contribution is -2.15. The molecule has 0 saturated heterocycles. The van der Waals surface area contributed by atoms with E-state index in [1.54, 1.807) is 0 Å². The molecule has 0 fully saturated rings. The van der Waals surface area contributed by atoms with Gasteiger partial charge in [-0.2, -0.15) is 13.2 Å². The first-order chi connectivity index (χ1) is 17.2. The predicted molar refractivity (Wildman–Crippen MR) is 128 cm³/mol. The highest BCUT2D eigenvalue weighted by Crippen LogP contribution is 2.40. The maximum atomic E-state index is 13.9. The van der Waals surface area contributed by atoms with E-state index in [1.165, 1.54) is 36.4 Å². The highest BCUT2D eigenvalue weighted by Gasteiger charge is 2.34. The lowest BCUT2D eigenvalue weighted by atomic mass is 9.95. The molecule has 8 heteroatoms. The molecule has 5 rings (SSSR count). The number of hydrogen-bond acceptors (Lipinski definition) is 1. The minimum Gasteiger partial charge on any atom is -0.355 e. The predicted octanol–water partition coefficient (Wildman–Crippen LogP) is 8.05. The van der Waals surface area contributed by atoms with Crippen molar-refractivity contribution < 1.29 is 26.7 Å². The van der Waals surface area contributed by atoms with Crippen molar-refractivity contribution in [2.75, 3.05) is 5.32 Å². The standard InChI is InChI=1S/C28H17F5N2O/c29-22-5-3-6-23(30)26(22)27(36)34-19-11-8-16(9-12-19)20-14-18(10-13-21(20)28(31,32)33)25-15-17-4-1-2-7-24(17)35-25/h1-15,35H,(H,34,36). The van der Waals surface area contributed by atoms with E-state index in [4.69, 9.17) is 0 Å². The molecule has 180 valence electrons. The van der Waals surface area contributed by atoms with E-state index in [9.17, 15) is 26.7 Å². The minimum atomic E-state index is -4.59. The van der Waals surface area contributed by atoms with E-state index in [2.05, 4.69) is 10.3 Å². The first-order valence-electron chi connectivity index (χ1n) is 10.9. The summed E-state index contributed by atoms with van der Waals surface area (Å²) in [5.41, 5.74) is 0.933. The Kier molecular flexibility index (Phi) is 5.80. The van der Waals surface area contributed by atoms with Gasteiger partial charge >= 0.3 is 6.18 Å². The van der Waals surface area contributed by atoms with Crippen LogP contribution in [0.25, 0.3) is 33.3 Å². The summed E-state index contributed by atoms with van der Waals surface area (Å²) >= 11 is 0. The van der Waals surface area contributed by atoms with Gasteiger partial charge in [-0.3, -0.25) is 4.79 Å². The van der Waals surface area contributed by atoms with E-state index in [0.29, 0.717) is 11.3 Å². The summed E-state index contributed by atoms with van der Waals surface area (Å²) < 4.78 is 69.2. The van der Waals surface area contributed by atoms with Gasteiger partial charge in [-0.25, -0.2) is 8.78 Å². The number of carbonyl (C=O) groups excluding carboxylic acids is 1. The van der Waals surface area contributed by atoms with Crippen LogP contribution in [-0.2, 0) is 6.18 Å². The zero-order chi connectivity index (χ0) is 25.4. The van der Waals surface area contributed by atoms with E-state index >= 15 is 0 Å². The van der Waals surface area contributed by atoms with Crippen LogP contribution in [0.3, 0.4) is 0 Å². The fourth-order valence-electron chi connectivity index (χ4n) is 4.07. The molecule has 1 amide bonds. The van der Waals surface area contributed by atoms with Gasteiger partial charge < -0.3 is 10.3 Å². The van der Waals surface area contributed by atoms with Gasteiger partial charge in [0.25, 0.3) is 5.91 Å². The minimum absolute atomic E-state index is 0.0447. The van der Waals surface area contributed by atoms with Crippen molar-refractivity contribution in [1.29, 1.82) is 0 Å². The van der Waals surface area contributed by atoms with Crippen molar-refractivity contribution in [2.24, 2.45) is 0 Å². The van der Waals surface area contributed by atoms with Crippen molar-refractivity contribution in [2.45, 2.75) is 6.18 Å². The van der Waals surface area contributed by atoms with Crippen LogP contribution >= 0.6 is 0 Å². The summed E-state index contributed by atoms with van der Waals surface area (Å²) in [5.74, 6) is -3.05. The highest BCUT2D eigenvalue weighted by molar-refractivity contribution is 6.04. The molecule has 0 bridgehead atoms. The molecule has 0 aliphatic heterocycles. The first-order valence-corrected chi connectivity index (χ1v) is 10.9. The molecule has 36 heavy (non-hydrogen) atoms. The van der Waals surface area contributed by atoms with Crippen LogP contribution in [0.4, 0.5) is 27.6 Å². The third-order valence-electron chi connectivity index (χ3n) is 5.81. The van der Waals surface area contributed by atoms with Gasteiger partial charge in [0.15, 0.2) is 0 Å². The third kappa shape index (κ3) is 4.45. The number of para-hydroxylation sites is 1. The normalized spacial score (nSPS) is 11.6. The Labute approximate surface area is 202 Å². The number of carbonyl (C=O) groups is 1. The number of H-pyrrole nitrogens is 1. The Bertz CT molecular complexity index is 1530. The molecule has 0 atom stereocenters. The first kappa shape index (κ1) is 23.3. The van der Waals surface area contributed by atoms with Crippen molar-refractivity contribution in [1.82, 2.24) is 4.98 Å². The van der Waals surface area contributed by atoms with Gasteiger partial charge in [-0.1, -0.05) is 42.5 Å². The van der Waals surface area contributed by atoms with Crippen LogP contribution in [0.1, 0.15) is 15.9 Å². The number of aromatic nitrogens is 1. The fraction of sp³-hybridized carbons (Fsp3) is 0.0357. The van der Waals surface area contributed by atoms with Gasteiger partial charge in [0, 0.05) is 22.3 Å². The maximum absolute atomic E-state index is 13.9. The molecule has 4 aromatic carbocycles. The molecule has 1 heterocycles. The Hall–Kier alpha value is -4.46. The van der Waals surface area contributed by atoms with Crippen LogP contribution in [0.5, 0.6) is 0 Å². The van der Waals surface area contributed by atoms with Gasteiger partial charge in [0.2, 0.25) is 0 Å². The van der Waals surface area contributed by atoms with Crippen molar-refractivity contribution in [3.63, 3.8) is 0 Å². The Balaban J connectivity index is 1.49. The number of nitrogens with one attached hydrogen (secondary N) is 2. The zero-order valence-electron chi connectivity index (χ0n) is 18.5. The van der Waals surface area contributed by atoms with Gasteiger partial charge in [0.05, 0.1) is 5.56 Å². The molecule has 0 aliphatic carbocycles.